The number of hydrogen-bond donors (Lipinski definition) is 2. The molecule has 1 aliphatic heterocycles. The van der Waals surface area contributed by atoms with Crippen LogP contribution in [0.2, 0.25) is 0 Å². The van der Waals surface area contributed by atoms with Gasteiger partial charge in [-0.2, -0.15) is 5.26 Å². The van der Waals surface area contributed by atoms with Gasteiger partial charge in [-0.15, -0.1) is 0 Å². The summed E-state index contributed by atoms with van der Waals surface area (Å²) < 4.78 is 0. The van der Waals surface area contributed by atoms with Crippen LogP contribution in [0.15, 0.2) is 60.9 Å². The Kier molecular flexibility index (Phi) is 5.34. The first-order valence-corrected chi connectivity index (χ1v) is 9.47. The van der Waals surface area contributed by atoms with E-state index in [1.807, 2.05) is 18.2 Å². The molecule has 0 spiro atoms. The van der Waals surface area contributed by atoms with E-state index in [9.17, 15) is 4.79 Å². The second-order valence-corrected chi connectivity index (χ2v) is 6.81. The van der Waals surface area contributed by atoms with Crippen LogP contribution in [-0.2, 0) is 0 Å². The molecule has 2 aromatic carbocycles. The van der Waals surface area contributed by atoms with E-state index in [4.69, 9.17) is 5.26 Å². The molecule has 1 aromatic heterocycles. The maximum atomic E-state index is 12.3. The van der Waals surface area contributed by atoms with E-state index < -0.39 is 0 Å². The summed E-state index contributed by atoms with van der Waals surface area (Å²) in [6, 6.07) is 16.9. The van der Waals surface area contributed by atoms with E-state index in [-0.39, 0.29) is 5.91 Å². The first kappa shape index (κ1) is 18.4. The van der Waals surface area contributed by atoms with Gasteiger partial charge in [0.25, 0.3) is 5.91 Å². The fourth-order valence-corrected chi connectivity index (χ4v) is 3.24. The van der Waals surface area contributed by atoms with Crippen LogP contribution in [0.5, 0.6) is 0 Å². The van der Waals surface area contributed by atoms with Crippen molar-refractivity contribution in [2.75, 3.05) is 28.6 Å². The number of anilines is 4. The van der Waals surface area contributed by atoms with Crippen molar-refractivity contribution in [3.05, 3.63) is 72.1 Å². The fourth-order valence-electron chi connectivity index (χ4n) is 3.24. The summed E-state index contributed by atoms with van der Waals surface area (Å²) >= 11 is 0. The monoisotopic (exact) mass is 384 g/mol. The van der Waals surface area contributed by atoms with Gasteiger partial charge < -0.3 is 15.5 Å². The van der Waals surface area contributed by atoms with Gasteiger partial charge in [-0.3, -0.25) is 4.79 Å². The van der Waals surface area contributed by atoms with Crippen LogP contribution in [-0.4, -0.2) is 29.0 Å². The molecule has 1 amide bonds. The Labute approximate surface area is 169 Å². The molecule has 2 N–H and O–H groups in total. The van der Waals surface area contributed by atoms with E-state index in [0.717, 1.165) is 18.8 Å². The molecule has 7 nitrogen and oxygen atoms in total. The van der Waals surface area contributed by atoms with Crippen LogP contribution in [0.3, 0.4) is 0 Å². The first-order valence-electron chi connectivity index (χ1n) is 9.47. The van der Waals surface area contributed by atoms with Gasteiger partial charge in [-0.1, -0.05) is 6.07 Å². The van der Waals surface area contributed by atoms with E-state index in [1.54, 1.807) is 24.3 Å². The first-order chi connectivity index (χ1) is 14.2. The topological polar surface area (TPSA) is 93.9 Å². The Morgan fingerprint density at radius 3 is 2.41 bits per heavy atom. The molecule has 144 valence electrons. The minimum atomic E-state index is -0.332. The van der Waals surface area contributed by atoms with E-state index in [0.29, 0.717) is 22.8 Å². The highest BCUT2D eigenvalue weighted by atomic mass is 16.1. The molecule has 0 unspecified atom stereocenters. The molecule has 29 heavy (non-hydrogen) atoms. The lowest BCUT2D eigenvalue weighted by Crippen LogP contribution is -2.17. The Hall–Kier alpha value is -3.92. The molecule has 3 aromatic rings. The Morgan fingerprint density at radius 2 is 1.72 bits per heavy atom. The van der Waals surface area contributed by atoms with Gasteiger partial charge in [-0.25, -0.2) is 9.97 Å². The highest BCUT2D eigenvalue weighted by Crippen LogP contribution is 2.23. The highest BCUT2D eigenvalue weighted by molar-refractivity contribution is 6.04. The molecule has 0 atom stereocenters. The van der Waals surface area contributed by atoms with Crippen molar-refractivity contribution in [1.29, 1.82) is 5.26 Å². The summed E-state index contributed by atoms with van der Waals surface area (Å²) in [4.78, 5) is 23.2. The van der Waals surface area contributed by atoms with Gasteiger partial charge in [0.05, 0.1) is 17.2 Å². The SMILES string of the molecule is N#Cc1cccc(NC(=O)c2cnc(Nc3ccc(N4CCCC4)cc3)nc2)c1. The van der Waals surface area contributed by atoms with Crippen LogP contribution in [0.1, 0.15) is 28.8 Å². The molecule has 1 saturated heterocycles. The van der Waals surface area contributed by atoms with Crippen LogP contribution in [0.25, 0.3) is 0 Å². The third-order valence-electron chi connectivity index (χ3n) is 4.76. The summed E-state index contributed by atoms with van der Waals surface area (Å²) in [5.74, 6) is 0.0866. The molecule has 0 radical (unpaired) electrons. The number of rotatable bonds is 5. The van der Waals surface area contributed by atoms with Gasteiger partial charge in [0.1, 0.15) is 0 Å². The number of nitrogens with zero attached hydrogens (tertiary/aromatic N) is 4. The second-order valence-electron chi connectivity index (χ2n) is 6.81. The summed E-state index contributed by atoms with van der Waals surface area (Å²) in [7, 11) is 0. The third kappa shape index (κ3) is 4.50. The molecule has 4 rings (SSSR count). The highest BCUT2D eigenvalue weighted by Gasteiger charge is 2.12. The molecule has 0 aliphatic carbocycles. The third-order valence-corrected chi connectivity index (χ3v) is 4.76. The largest absolute Gasteiger partial charge is 0.372 e. The van der Waals surface area contributed by atoms with Crippen molar-refractivity contribution in [1.82, 2.24) is 9.97 Å². The lowest BCUT2D eigenvalue weighted by molar-refractivity contribution is 0.102. The number of aromatic nitrogens is 2. The zero-order valence-corrected chi connectivity index (χ0v) is 15.8. The average Bonchev–Trinajstić information content (AvgIpc) is 3.30. The Balaban J connectivity index is 1.38. The maximum Gasteiger partial charge on any atom is 0.258 e. The van der Waals surface area contributed by atoms with Crippen molar-refractivity contribution in [2.45, 2.75) is 12.8 Å². The van der Waals surface area contributed by atoms with E-state index >= 15 is 0 Å². The van der Waals surface area contributed by atoms with Crippen LogP contribution in [0, 0.1) is 11.3 Å². The van der Waals surface area contributed by atoms with Crippen molar-refractivity contribution >= 4 is 28.9 Å². The van der Waals surface area contributed by atoms with Gasteiger partial charge in [0, 0.05) is 42.5 Å². The zero-order chi connectivity index (χ0) is 20.1. The predicted octanol–water partition coefficient (Wildman–Crippen LogP) is 3.94. The predicted molar refractivity (Wildman–Crippen MR) is 112 cm³/mol. The zero-order valence-electron chi connectivity index (χ0n) is 15.8. The molecule has 1 fully saturated rings. The van der Waals surface area contributed by atoms with Crippen molar-refractivity contribution < 1.29 is 4.79 Å². The number of amides is 1. The number of carbonyl (C=O) groups is 1. The molecular weight excluding hydrogens is 364 g/mol. The lowest BCUT2D eigenvalue weighted by atomic mass is 10.2. The van der Waals surface area contributed by atoms with Gasteiger partial charge >= 0.3 is 0 Å². The molecule has 0 saturated carbocycles. The number of hydrogen-bond acceptors (Lipinski definition) is 6. The molecule has 7 heteroatoms. The van der Waals surface area contributed by atoms with Crippen LogP contribution in [0.4, 0.5) is 23.0 Å². The van der Waals surface area contributed by atoms with Gasteiger partial charge in [0.15, 0.2) is 0 Å². The number of nitrogens with one attached hydrogen (secondary N) is 2. The minimum Gasteiger partial charge on any atom is -0.372 e. The van der Waals surface area contributed by atoms with E-state index in [2.05, 4.69) is 37.6 Å². The normalized spacial score (nSPS) is 13.0. The minimum absolute atomic E-state index is 0.332. The Morgan fingerprint density at radius 1 is 1.00 bits per heavy atom. The van der Waals surface area contributed by atoms with Gasteiger partial charge in [-0.05, 0) is 55.3 Å². The van der Waals surface area contributed by atoms with E-state index in [1.165, 1.54) is 30.9 Å². The molecule has 0 bridgehead atoms. The summed E-state index contributed by atoms with van der Waals surface area (Å²) in [5, 5.41) is 14.8. The fraction of sp³-hybridized carbons (Fsp3) is 0.182. The average molecular weight is 384 g/mol. The molecule has 1 aliphatic rings. The summed E-state index contributed by atoms with van der Waals surface area (Å²) in [6.45, 7) is 2.22. The maximum absolute atomic E-state index is 12.3. The molecular formula is C22H20N6O. The summed E-state index contributed by atoms with van der Waals surface area (Å²) in [6.07, 6.45) is 5.43. The van der Waals surface area contributed by atoms with Crippen LogP contribution < -0.4 is 15.5 Å². The second kappa shape index (κ2) is 8.40. The Bertz CT molecular complexity index is 1030. The number of nitriles is 1. The van der Waals surface area contributed by atoms with Gasteiger partial charge in [0.2, 0.25) is 5.95 Å². The smallest absolute Gasteiger partial charge is 0.258 e. The standard InChI is InChI=1S/C22H20N6O/c23-13-16-4-3-5-19(12-16)26-21(29)17-14-24-22(25-15-17)27-18-6-8-20(9-7-18)28-10-1-2-11-28/h3-9,12,14-15H,1-2,10-11H2,(H,26,29)(H,24,25,27). The van der Waals surface area contributed by atoms with Crippen molar-refractivity contribution in [3.8, 4) is 6.07 Å². The molecule has 2 heterocycles. The summed E-state index contributed by atoms with van der Waals surface area (Å²) in [5.41, 5.74) is 3.48. The van der Waals surface area contributed by atoms with Crippen LogP contribution >= 0.6 is 0 Å². The number of carbonyl (C=O) groups excluding carboxylic acids is 1. The lowest BCUT2D eigenvalue weighted by Gasteiger charge is -2.17. The number of benzene rings is 2. The quantitative estimate of drug-likeness (QED) is 0.692. The van der Waals surface area contributed by atoms with Crippen molar-refractivity contribution in [2.24, 2.45) is 0 Å². The van der Waals surface area contributed by atoms with Crippen molar-refractivity contribution in [3.63, 3.8) is 0 Å².